The zero-order valence-corrected chi connectivity index (χ0v) is 19.5. The number of carbonyl (C=O) groups is 2. The van der Waals surface area contributed by atoms with Crippen molar-refractivity contribution in [2.24, 2.45) is 0 Å². The molecule has 11 heteroatoms. The summed E-state index contributed by atoms with van der Waals surface area (Å²) in [5, 5.41) is 16.3. The largest absolute Gasteiger partial charge is 0.352 e. The first-order valence-corrected chi connectivity index (χ1v) is 12.1. The third-order valence-electron chi connectivity index (χ3n) is 4.60. The molecule has 0 aliphatic carbocycles. The lowest BCUT2D eigenvalue weighted by Gasteiger charge is -2.16. The molecule has 3 aromatic rings. The van der Waals surface area contributed by atoms with Crippen LogP contribution >= 0.6 is 11.3 Å². The second kappa shape index (κ2) is 10.4. The van der Waals surface area contributed by atoms with Crippen molar-refractivity contribution in [3.8, 4) is 17.3 Å². The van der Waals surface area contributed by atoms with Crippen LogP contribution in [0.3, 0.4) is 0 Å². The Kier molecular flexibility index (Phi) is 7.55. The van der Waals surface area contributed by atoms with Gasteiger partial charge in [-0.1, -0.05) is 24.3 Å². The van der Waals surface area contributed by atoms with Crippen molar-refractivity contribution >= 4 is 38.3 Å². The maximum absolute atomic E-state index is 12.6. The number of hydrogen-bond donors (Lipinski definition) is 2. The molecule has 0 saturated heterocycles. The molecular weight excluding hydrogens is 462 g/mol. The molecule has 33 heavy (non-hydrogen) atoms. The molecule has 0 spiro atoms. The van der Waals surface area contributed by atoms with Gasteiger partial charge in [0.15, 0.2) is 5.13 Å². The number of benzene rings is 2. The van der Waals surface area contributed by atoms with Crippen LogP contribution < -0.4 is 10.6 Å². The van der Waals surface area contributed by atoms with Gasteiger partial charge >= 0.3 is 0 Å². The number of nitrogens with zero attached hydrogens (tertiary/aromatic N) is 3. The number of nitriles is 1. The van der Waals surface area contributed by atoms with E-state index in [0.717, 1.165) is 15.4 Å². The highest BCUT2D eigenvalue weighted by atomic mass is 32.2. The number of thiazole rings is 1. The molecule has 0 atom stereocenters. The summed E-state index contributed by atoms with van der Waals surface area (Å²) in [6.45, 7) is 1.50. The van der Waals surface area contributed by atoms with Gasteiger partial charge in [0.1, 0.15) is 0 Å². The van der Waals surface area contributed by atoms with Gasteiger partial charge in [-0.05, 0) is 29.8 Å². The summed E-state index contributed by atoms with van der Waals surface area (Å²) in [6, 6.07) is 14.9. The van der Waals surface area contributed by atoms with E-state index in [-0.39, 0.29) is 10.8 Å². The van der Waals surface area contributed by atoms with Crippen molar-refractivity contribution in [3.05, 3.63) is 65.0 Å². The van der Waals surface area contributed by atoms with Crippen LogP contribution in [0.1, 0.15) is 18.1 Å². The standard InChI is InChI=1S/C22H21N5O4S2/c1-15(28)24-12-17-3-7-18(8-4-17)20-14-32-22(25-20)26-21(29)13-27(2)33(30,31)19-9-5-16(11-23)6-10-19/h3-10,14H,12-13H2,1-2H3,(H,24,28)(H,25,26,29). The molecule has 0 radical (unpaired) electrons. The van der Waals surface area contributed by atoms with Crippen LogP contribution in [-0.2, 0) is 26.2 Å². The average Bonchev–Trinajstić information content (AvgIpc) is 3.26. The van der Waals surface area contributed by atoms with Gasteiger partial charge in [-0.15, -0.1) is 11.3 Å². The predicted octanol–water partition coefficient (Wildman–Crippen LogP) is 2.58. The first kappa shape index (κ1) is 24.1. The number of amides is 2. The molecule has 0 fully saturated rings. The van der Waals surface area contributed by atoms with Crippen LogP contribution in [0.4, 0.5) is 5.13 Å². The first-order chi connectivity index (χ1) is 15.7. The van der Waals surface area contributed by atoms with Crippen molar-refractivity contribution in [2.75, 3.05) is 18.9 Å². The maximum atomic E-state index is 12.6. The van der Waals surface area contributed by atoms with Gasteiger partial charge in [-0.3, -0.25) is 9.59 Å². The Balaban J connectivity index is 1.61. The highest BCUT2D eigenvalue weighted by molar-refractivity contribution is 7.89. The highest BCUT2D eigenvalue weighted by Gasteiger charge is 2.23. The van der Waals surface area contributed by atoms with E-state index < -0.39 is 22.5 Å². The Hall–Kier alpha value is -3.59. The molecule has 1 aromatic heterocycles. The lowest BCUT2D eigenvalue weighted by molar-refractivity contribution is -0.119. The van der Waals surface area contributed by atoms with Crippen LogP contribution in [0.25, 0.3) is 11.3 Å². The van der Waals surface area contributed by atoms with Crippen LogP contribution in [0, 0.1) is 11.3 Å². The van der Waals surface area contributed by atoms with Gasteiger partial charge in [-0.25, -0.2) is 13.4 Å². The molecular formula is C22H21N5O4S2. The van der Waals surface area contributed by atoms with E-state index in [4.69, 9.17) is 5.26 Å². The van der Waals surface area contributed by atoms with Gasteiger partial charge in [0.2, 0.25) is 21.8 Å². The molecule has 0 saturated carbocycles. The van der Waals surface area contributed by atoms with Gasteiger partial charge in [0.05, 0.1) is 28.8 Å². The molecule has 1 heterocycles. The molecule has 0 unspecified atom stereocenters. The van der Waals surface area contributed by atoms with Crippen molar-refractivity contribution < 1.29 is 18.0 Å². The Morgan fingerprint density at radius 2 is 1.79 bits per heavy atom. The number of carbonyl (C=O) groups excluding carboxylic acids is 2. The fourth-order valence-corrected chi connectivity index (χ4v) is 4.67. The number of likely N-dealkylation sites (N-methyl/N-ethyl adjacent to an activating group) is 1. The summed E-state index contributed by atoms with van der Waals surface area (Å²) in [4.78, 5) is 27.8. The van der Waals surface area contributed by atoms with Crippen molar-refractivity contribution in [2.45, 2.75) is 18.4 Å². The minimum atomic E-state index is -3.88. The second-order valence-corrected chi connectivity index (χ2v) is 9.99. The van der Waals surface area contributed by atoms with Gasteiger partial charge < -0.3 is 10.6 Å². The number of hydrogen-bond acceptors (Lipinski definition) is 7. The molecule has 0 bridgehead atoms. The summed E-state index contributed by atoms with van der Waals surface area (Å²) < 4.78 is 26.2. The van der Waals surface area contributed by atoms with Crippen LogP contribution in [0.15, 0.2) is 58.8 Å². The SMILES string of the molecule is CC(=O)NCc1ccc(-c2csc(NC(=O)CN(C)S(=O)(=O)c3ccc(C#N)cc3)n2)cc1. The zero-order chi connectivity index (χ0) is 24.0. The second-order valence-electron chi connectivity index (χ2n) is 7.09. The molecule has 2 aromatic carbocycles. The normalized spacial score (nSPS) is 11.1. The average molecular weight is 484 g/mol. The van der Waals surface area contributed by atoms with E-state index in [1.807, 2.05) is 30.3 Å². The summed E-state index contributed by atoms with van der Waals surface area (Å²) in [5.74, 6) is -0.629. The van der Waals surface area contributed by atoms with Crippen LogP contribution in [-0.4, -0.2) is 43.1 Å². The fourth-order valence-electron chi connectivity index (χ4n) is 2.81. The van der Waals surface area contributed by atoms with Crippen molar-refractivity contribution in [1.82, 2.24) is 14.6 Å². The van der Waals surface area contributed by atoms with E-state index >= 15 is 0 Å². The topological polar surface area (TPSA) is 132 Å². The van der Waals surface area contributed by atoms with Crippen LogP contribution in [0.5, 0.6) is 0 Å². The third-order valence-corrected chi connectivity index (χ3v) is 7.17. The lowest BCUT2D eigenvalue weighted by Crippen LogP contribution is -2.34. The first-order valence-electron chi connectivity index (χ1n) is 9.74. The minimum absolute atomic E-state index is 0.00437. The number of anilines is 1. The Morgan fingerprint density at radius 3 is 2.39 bits per heavy atom. The molecule has 0 aliphatic rings. The van der Waals surface area contributed by atoms with Gasteiger partial charge in [0.25, 0.3) is 0 Å². The highest BCUT2D eigenvalue weighted by Crippen LogP contribution is 2.25. The molecule has 2 amide bonds. The molecule has 9 nitrogen and oxygen atoms in total. The van der Waals surface area contributed by atoms with E-state index in [2.05, 4.69) is 15.6 Å². The summed E-state index contributed by atoms with van der Waals surface area (Å²) in [6.07, 6.45) is 0. The maximum Gasteiger partial charge on any atom is 0.243 e. The number of rotatable bonds is 8. The zero-order valence-electron chi connectivity index (χ0n) is 17.9. The van der Waals surface area contributed by atoms with Gasteiger partial charge in [-0.2, -0.15) is 9.57 Å². The summed E-state index contributed by atoms with van der Waals surface area (Å²) in [5.41, 5.74) is 2.80. The molecule has 0 aliphatic heterocycles. The van der Waals surface area contributed by atoms with E-state index in [1.165, 1.54) is 49.6 Å². The van der Waals surface area contributed by atoms with E-state index in [0.29, 0.717) is 22.9 Å². The molecule has 2 N–H and O–H groups in total. The summed E-state index contributed by atoms with van der Waals surface area (Å²) in [7, 11) is -2.58. The van der Waals surface area contributed by atoms with Crippen molar-refractivity contribution in [3.63, 3.8) is 0 Å². The Bertz CT molecular complexity index is 1290. The molecule has 170 valence electrons. The monoisotopic (exact) mass is 483 g/mol. The predicted molar refractivity (Wildman–Crippen MR) is 125 cm³/mol. The Labute approximate surface area is 195 Å². The van der Waals surface area contributed by atoms with E-state index in [1.54, 1.807) is 5.38 Å². The quantitative estimate of drug-likeness (QED) is 0.506. The Morgan fingerprint density at radius 1 is 1.12 bits per heavy atom. The third kappa shape index (κ3) is 6.23. The lowest BCUT2D eigenvalue weighted by atomic mass is 10.1. The summed E-state index contributed by atoms with van der Waals surface area (Å²) >= 11 is 1.23. The molecule has 3 rings (SSSR count). The minimum Gasteiger partial charge on any atom is -0.352 e. The van der Waals surface area contributed by atoms with E-state index in [9.17, 15) is 18.0 Å². The van der Waals surface area contributed by atoms with Gasteiger partial charge in [0, 0.05) is 31.5 Å². The van der Waals surface area contributed by atoms with Crippen LogP contribution in [0.2, 0.25) is 0 Å². The number of aromatic nitrogens is 1. The number of nitrogens with one attached hydrogen (secondary N) is 2. The fraction of sp³-hybridized carbons (Fsp3) is 0.182. The van der Waals surface area contributed by atoms with Crippen molar-refractivity contribution in [1.29, 1.82) is 5.26 Å². The number of sulfonamides is 1. The smallest absolute Gasteiger partial charge is 0.243 e.